The molecule has 7 heteroatoms. The van der Waals surface area contributed by atoms with Crippen molar-refractivity contribution in [2.45, 2.75) is 25.0 Å². The number of thiocarbonyl (C=S) groups is 1. The van der Waals surface area contributed by atoms with Gasteiger partial charge in [-0.05, 0) is 42.9 Å². The Morgan fingerprint density at radius 3 is 2.69 bits per heavy atom. The highest BCUT2D eigenvalue weighted by Gasteiger charge is 2.40. The van der Waals surface area contributed by atoms with Crippen LogP contribution in [0, 0.1) is 0 Å². The minimum absolute atomic E-state index is 0.0161. The van der Waals surface area contributed by atoms with Gasteiger partial charge in [0, 0.05) is 52.0 Å². The van der Waals surface area contributed by atoms with Crippen LogP contribution < -0.4 is 5.32 Å². The van der Waals surface area contributed by atoms with Crippen molar-refractivity contribution in [1.29, 1.82) is 0 Å². The fraction of sp³-hybridized carbons (Fsp3) is 0.474. The zero-order chi connectivity index (χ0) is 18.4. The number of nitrogens with zero attached hydrogens (tertiary/aromatic N) is 3. The standard InChI is InChI=1S/C19H26N4O2S/c1-24-13-6-11-23-18(16-8-5-10-22(16)12-14-25-2)17(21-19(23)26)15-7-3-4-9-20-15/h3-5,7-10,17-18H,6,11-14H2,1-2H3,(H,21,26)/t17-,18-/m1/s1. The molecule has 0 aromatic carbocycles. The van der Waals surface area contributed by atoms with Crippen molar-refractivity contribution in [3.63, 3.8) is 0 Å². The third-order valence-electron chi connectivity index (χ3n) is 4.65. The van der Waals surface area contributed by atoms with Crippen LogP contribution in [0.3, 0.4) is 0 Å². The number of hydrogen-bond donors (Lipinski definition) is 1. The highest BCUT2D eigenvalue weighted by Crippen LogP contribution is 2.38. The van der Waals surface area contributed by atoms with Crippen LogP contribution in [0.25, 0.3) is 0 Å². The molecule has 1 aliphatic heterocycles. The summed E-state index contributed by atoms with van der Waals surface area (Å²) in [6, 6.07) is 10.3. The molecule has 0 aliphatic carbocycles. The first-order valence-electron chi connectivity index (χ1n) is 8.87. The fourth-order valence-electron chi connectivity index (χ4n) is 3.44. The molecule has 2 aromatic heterocycles. The van der Waals surface area contributed by atoms with Gasteiger partial charge in [-0.2, -0.15) is 0 Å². The van der Waals surface area contributed by atoms with E-state index in [1.807, 2.05) is 24.4 Å². The fourth-order valence-corrected chi connectivity index (χ4v) is 3.77. The second-order valence-corrected chi connectivity index (χ2v) is 6.67. The maximum Gasteiger partial charge on any atom is 0.170 e. The van der Waals surface area contributed by atoms with Gasteiger partial charge < -0.3 is 24.3 Å². The van der Waals surface area contributed by atoms with Crippen molar-refractivity contribution < 1.29 is 9.47 Å². The molecule has 0 amide bonds. The van der Waals surface area contributed by atoms with Crippen LogP contribution in [0.2, 0.25) is 0 Å². The summed E-state index contributed by atoms with van der Waals surface area (Å²) in [5.74, 6) is 0. The molecule has 0 bridgehead atoms. The molecule has 0 saturated carbocycles. The number of nitrogens with one attached hydrogen (secondary N) is 1. The third-order valence-corrected chi connectivity index (χ3v) is 5.00. The molecular weight excluding hydrogens is 348 g/mol. The van der Waals surface area contributed by atoms with Gasteiger partial charge >= 0.3 is 0 Å². The summed E-state index contributed by atoms with van der Waals surface area (Å²) >= 11 is 5.66. The quantitative estimate of drug-likeness (QED) is 0.538. The highest BCUT2D eigenvalue weighted by atomic mass is 32.1. The second kappa shape index (κ2) is 9.12. The summed E-state index contributed by atoms with van der Waals surface area (Å²) in [7, 11) is 3.45. The van der Waals surface area contributed by atoms with E-state index < -0.39 is 0 Å². The summed E-state index contributed by atoms with van der Waals surface area (Å²) in [6.07, 6.45) is 4.84. The predicted octanol–water partition coefficient (Wildman–Crippen LogP) is 2.54. The van der Waals surface area contributed by atoms with Gasteiger partial charge in [-0.1, -0.05) is 6.07 Å². The van der Waals surface area contributed by atoms with E-state index in [9.17, 15) is 0 Å². The van der Waals surface area contributed by atoms with Crippen LogP contribution >= 0.6 is 12.2 Å². The SMILES string of the molecule is COCCCN1C(=S)N[C@H](c2ccccn2)[C@H]1c1cccn1CCOC. The summed E-state index contributed by atoms with van der Waals surface area (Å²) in [5, 5.41) is 4.24. The smallest absolute Gasteiger partial charge is 0.170 e. The Bertz CT molecular complexity index is 707. The third kappa shape index (κ3) is 4.06. The van der Waals surface area contributed by atoms with Crippen molar-refractivity contribution in [2.75, 3.05) is 34.0 Å². The molecule has 1 aliphatic rings. The Kier molecular flexibility index (Phi) is 6.60. The summed E-state index contributed by atoms with van der Waals surface area (Å²) in [4.78, 5) is 6.83. The molecular formula is C19H26N4O2S. The monoisotopic (exact) mass is 374 g/mol. The van der Waals surface area contributed by atoms with E-state index >= 15 is 0 Å². The molecule has 3 heterocycles. The van der Waals surface area contributed by atoms with Gasteiger partial charge in [-0.25, -0.2) is 0 Å². The highest BCUT2D eigenvalue weighted by molar-refractivity contribution is 7.80. The Labute approximate surface area is 160 Å². The number of aromatic nitrogens is 2. The molecule has 1 saturated heterocycles. The van der Waals surface area contributed by atoms with Crippen molar-refractivity contribution in [3.05, 3.63) is 54.1 Å². The summed E-state index contributed by atoms with van der Waals surface area (Å²) in [5.41, 5.74) is 2.20. The van der Waals surface area contributed by atoms with Crippen LogP contribution in [0.1, 0.15) is 29.9 Å². The molecule has 0 spiro atoms. The lowest BCUT2D eigenvalue weighted by atomic mass is 10.0. The van der Waals surface area contributed by atoms with Gasteiger partial charge in [0.25, 0.3) is 0 Å². The molecule has 0 radical (unpaired) electrons. The molecule has 2 atom stereocenters. The average molecular weight is 375 g/mol. The van der Waals surface area contributed by atoms with Crippen LogP contribution in [-0.4, -0.2) is 53.5 Å². The van der Waals surface area contributed by atoms with Crippen molar-refractivity contribution in [1.82, 2.24) is 19.8 Å². The van der Waals surface area contributed by atoms with E-state index in [0.717, 1.165) is 30.3 Å². The molecule has 0 unspecified atom stereocenters. The number of hydrogen-bond acceptors (Lipinski definition) is 4. The first-order chi connectivity index (χ1) is 12.8. The molecule has 26 heavy (non-hydrogen) atoms. The Morgan fingerprint density at radius 2 is 1.96 bits per heavy atom. The topological polar surface area (TPSA) is 51.5 Å². The van der Waals surface area contributed by atoms with Crippen molar-refractivity contribution in [2.24, 2.45) is 0 Å². The second-order valence-electron chi connectivity index (χ2n) is 6.29. The van der Waals surface area contributed by atoms with Gasteiger partial charge in [0.15, 0.2) is 5.11 Å². The normalized spacial score (nSPS) is 19.8. The predicted molar refractivity (Wildman–Crippen MR) is 105 cm³/mol. The number of rotatable bonds is 9. The van der Waals surface area contributed by atoms with E-state index in [4.69, 9.17) is 21.7 Å². The zero-order valence-corrected chi connectivity index (χ0v) is 16.1. The molecule has 1 fully saturated rings. The molecule has 3 rings (SSSR count). The average Bonchev–Trinajstić information content (AvgIpc) is 3.25. The minimum atomic E-state index is 0.0161. The largest absolute Gasteiger partial charge is 0.385 e. The van der Waals surface area contributed by atoms with E-state index in [2.05, 4.69) is 38.1 Å². The van der Waals surface area contributed by atoms with Gasteiger partial charge in [-0.3, -0.25) is 4.98 Å². The first-order valence-corrected chi connectivity index (χ1v) is 9.28. The minimum Gasteiger partial charge on any atom is -0.385 e. The van der Waals surface area contributed by atoms with E-state index in [1.54, 1.807) is 14.2 Å². The van der Waals surface area contributed by atoms with Crippen LogP contribution in [0.4, 0.5) is 0 Å². The molecule has 1 N–H and O–H groups in total. The Morgan fingerprint density at radius 1 is 1.12 bits per heavy atom. The maximum atomic E-state index is 5.66. The molecule has 2 aromatic rings. The van der Waals surface area contributed by atoms with Crippen LogP contribution in [-0.2, 0) is 16.0 Å². The van der Waals surface area contributed by atoms with E-state index in [0.29, 0.717) is 13.2 Å². The molecule has 6 nitrogen and oxygen atoms in total. The van der Waals surface area contributed by atoms with Gasteiger partial charge in [0.05, 0.1) is 24.4 Å². The van der Waals surface area contributed by atoms with Crippen LogP contribution in [0.5, 0.6) is 0 Å². The first kappa shape index (κ1) is 18.8. The number of methoxy groups -OCH3 is 2. The van der Waals surface area contributed by atoms with E-state index in [1.165, 1.54) is 5.69 Å². The molecule has 140 valence electrons. The Hall–Kier alpha value is -1.96. The Balaban J connectivity index is 1.92. The van der Waals surface area contributed by atoms with E-state index in [-0.39, 0.29) is 12.1 Å². The van der Waals surface area contributed by atoms with Gasteiger partial charge in [0.1, 0.15) is 0 Å². The van der Waals surface area contributed by atoms with Crippen molar-refractivity contribution >= 4 is 17.3 Å². The van der Waals surface area contributed by atoms with Crippen LogP contribution in [0.15, 0.2) is 42.7 Å². The number of ether oxygens (including phenoxy) is 2. The van der Waals surface area contributed by atoms with Gasteiger partial charge in [-0.15, -0.1) is 0 Å². The lowest BCUT2D eigenvalue weighted by Crippen LogP contribution is -2.32. The number of pyridine rings is 1. The van der Waals surface area contributed by atoms with Crippen molar-refractivity contribution in [3.8, 4) is 0 Å². The lowest BCUT2D eigenvalue weighted by Gasteiger charge is -2.29. The summed E-state index contributed by atoms with van der Waals surface area (Å²) < 4.78 is 12.7. The summed E-state index contributed by atoms with van der Waals surface area (Å²) in [6.45, 7) is 3.03. The zero-order valence-electron chi connectivity index (χ0n) is 15.3. The van der Waals surface area contributed by atoms with Gasteiger partial charge in [0.2, 0.25) is 0 Å². The lowest BCUT2D eigenvalue weighted by molar-refractivity contribution is 0.175. The maximum absolute atomic E-state index is 5.66.